The molecule has 0 saturated carbocycles. The van der Waals surface area contributed by atoms with Gasteiger partial charge in [0.15, 0.2) is 16.6 Å². The molecule has 9 heteroatoms. The van der Waals surface area contributed by atoms with Gasteiger partial charge in [0.05, 0.1) is 31.0 Å². The van der Waals surface area contributed by atoms with Crippen molar-refractivity contribution in [3.8, 4) is 11.5 Å². The number of hydrogen-bond acceptors (Lipinski definition) is 8. The van der Waals surface area contributed by atoms with Gasteiger partial charge in [-0.3, -0.25) is 4.79 Å². The summed E-state index contributed by atoms with van der Waals surface area (Å²) >= 11 is 1.55. The van der Waals surface area contributed by atoms with E-state index in [1.54, 1.807) is 11.3 Å². The molecule has 0 unspecified atom stereocenters. The zero-order valence-corrected chi connectivity index (χ0v) is 15.8. The molecule has 1 amide bonds. The molecule has 0 spiro atoms. The first-order valence-electron chi connectivity index (χ1n) is 8.69. The van der Waals surface area contributed by atoms with E-state index in [-0.39, 0.29) is 19.1 Å². The molecule has 4 rings (SSSR count). The van der Waals surface area contributed by atoms with Gasteiger partial charge in [0.1, 0.15) is 0 Å². The summed E-state index contributed by atoms with van der Waals surface area (Å²) in [5.41, 5.74) is 4.89. The predicted octanol–water partition coefficient (Wildman–Crippen LogP) is 1.79. The molecule has 0 aliphatic carbocycles. The van der Waals surface area contributed by atoms with Crippen LogP contribution in [-0.4, -0.2) is 49.7 Å². The van der Waals surface area contributed by atoms with Gasteiger partial charge in [-0.2, -0.15) is 5.10 Å². The van der Waals surface area contributed by atoms with Crippen molar-refractivity contribution in [2.24, 2.45) is 5.10 Å². The Morgan fingerprint density at radius 3 is 2.96 bits per heavy atom. The summed E-state index contributed by atoms with van der Waals surface area (Å²) < 4.78 is 16.0. The van der Waals surface area contributed by atoms with Crippen molar-refractivity contribution in [2.45, 2.75) is 13.3 Å². The number of nitrogens with one attached hydrogen (secondary N) is 1. The number of carbonyl (C=O) groups excluding carboxylic acids is 1. The number of hydrazone groups is 1. The van der Waals surface area contributed by atoms with E-state index >= 15 is 0 Å². The molecule has 1 N–H and O–H groups in total. The molecular formula is C18H20N4O4S. The molecule has 0 radical (unpaired) electrons. The first-order valence-corrected chi connectivity index (χ1v) is 9.57. The van der Waals surface area contributed by atoms with Crippen molar-refractivity contribution in [1.82, 2.24) is 10.4 Å². The summed E-state index contributed by atoms with van der Waals surface area (Å²) in [6, 6.07) is 5.57. The third-order valence-corrected chi connectivity index (χ3v) is 5.25. The number of aromatic nitrogens is 1. The van der Waals surface area contributed by atoms with Crippen LogP contribution in [0.5, 0.6) is 11.5 Å². The molecule has 1 aromatic heterocycles. The van der Waals surface area contributed by atoms with Gasteiger partial charge in [-0.15, -0.1) is 11.3 Å². The molecule has 2 aliphatic rings. The summed E-state index contributed by atoms with van der Waals surface area (Å²) in [5, 5.41) is 7.03. The fourth-order valence-corrected chi connectivity index (χ4v) is 3.69. The van der Waals surface area contributed by atoms with Crippen LogP contribution < -0.4 is 19.8 Å². The Morgan fingerprint density at radius 2 is 2.11 bits per heavy atom. The van der Waals surface area contributed by atoms with Crippen LogP contribution in [-0.2, 0) is 16.0 Å². The lowest BCUT2D eigenvalue weighted by Crippen LogP contribution is -2.36. The lowest BCUT2D eigenvalue weighted by atomic mass is 10.1. The smallest absolute Gasteiger partial charge is 0.246 e. The Morgan fingerprint density at radius 1 is 1.30 bits per heavy atom. The van der Waals surface area contributed by atoms with Gasteiger partial charge in [0.2, 0.25) is 12.7 Å². The monoisotopic (exact) mass is 388 g/mol. The number of thiazole rings is 1. The van der Waals surface area contributed by atoms with Crippen LogP contribution in [0.2, 0.25) is 0 Å². The number of amides is 1. The van der Waals surface area contributed by atoms with E-state index in [2.05, 4.69) is 20.4 Å². The Bertz CT molecular complexity index is 861. The molecule has 1 saturated heterocycles. The number of hydrogen-bond donors (Lipinski definition) is 1. The molecule has 0 bridgehead atoms. The Kier molecular flexibility index (Phi) is 5.21. The second-order valence-corrected chi connectivity index (χ2v) is 7.03. The van der Waals surface area contributed by atoms with Gasteiger partial charge in [-0.05, 0) is 25.1 Å². The van der Waals surface area contributed by atoms with E-state index in [1.165, 1.54) is 0 Å². The largest absolute Gasteiger partial charge is 0.454 e. The summed E-state index contributed by atoms with van der Waals surface area (Å²) in [6.45, 7) is 5.14. The predicted molar refractivity (Wildman–Crippen MR) is 102 cm³/mol. The third-order valence-electron chi connectivity index (χ3n) is 4.30. The van der Waals surface area contributed by atoms with Crippen molar-refractivity contribution in [3.63, 3.8) is 0 Å². The van der Waals surface area contributed by atoms with E-state index in [9.17, 15) is 4.79 Å². The standard InChI is InChI=1S/C18H20N4O4S/c1-12(13-2-3-15-16(8-13)26-11-25-15)20-21-17(23)9-14-10-27-18(19-14)22-4-6-24-7-5-22/h2-3,8,10H,4-7,9,11H2,1H3,(H,21,23)/b20-12-. The topological polar surface area (TPSA) is 85.3 Å². The molecule has 27 heavy (non-hydrogen) atoms. The van der Waals surface area contributed by atoms with Crippen molar-refractivity contribution in [2.75, 3.05) is 38.0 Å². The summed E-state index contributed by atoms with van der Waals surface area (Å²) in [7, 11) is 0. The maximum absolute atomic E-state index is 12.2. The van der Waals surface area contributed by atoms with Gasteiger partial charge in [-0.25, -0.2) is 10.4 Å². The van der Waals surface area contributed by atoms with Crippen LogP contribution in [0.25, 0.3) is 0 Å². The summed E-state index contributed by atoms with van der Waals surface area (Å²) in [5.74, 6) is 1.20. The lowest BCUT2D eigenvalue weighted by molar-refractivity contribution is -0.120. The molecular weight excluding hydrogens is 368 g/mol. The highest BCUT2D eigenvalue weighted by atomic mass is 32.1. The Hall–Kier alpha value is -2.65. The SMILES string of the molecule is C/C(=N/NC(=O)Cc1csc(N2CCOCC2)n1)c1ccc2c(c1)OCO2. The molecule has 1 aromatic carbocycles. The number of ether oxygens (including phenoxy) is 3. The van der Waals surface area contributed by atoms with Crippen molar-refractivity contribution in [1.29, 1.82) is 0 Å². The maximum atomic E-state index is 12.2. The zero-order valence-electron chi connectivity index (χ0n) is 14.9. The molecule has 8 nitrogen and oxygen atoms in total. The lowest BCUT2D eigenvalue weighted by Gasteiger charge is -2.26. The minimum Gasteiger partial charge on any atom is -0.454 e. The van der Waals surface area contributed by atoms with Crippen LogP contribution in [0.3, 0.4) is 0 Å². The minimum atomic E-state index is -0.200. The number of anilines is 1. The number of benzene rings is 1. The quantitative estimate of drug-likeness (QED) is 0.621. The van der Waals surface area contributed by atoms with E-state index in [0.29, 0.717) is 24.7 Å². The molecule has 2 aromatic rings. The molecule has 3 heterocycles. The first kappa shape index (κ1) is 17.7. The van der Waals surface area contributed by atoms with Crippen LogP contribution in [0.15, 0.2) is 28.7 Å². The molecule has 2 aliphatic heterocycles. The zero-order chi connectivity index (χ0) is 18.6. The van der Waals surface area contributed by atoms with E-state index in [1.807, 2.05) is 30.5 Å². The van der Waals surface area contributed by atoms with Gasteiger partial charge in [-0.1, -0.05) is 0 Å². The minimum absolute atomic E-state index is 0.193. The van der Waals surface area contributed by atoms with Crippen molar-refractivity contribution in [3.05, 3.63) is 34.8 Å². The first-order chi connectivity index (χ1) is 13.2. The highest BCUT2D eigenvalue weighted by molar-refractivity contribution is 7.13. The Labute approximate surface area is 160 Å². The van der Waals surface area contributed by atoms with Gasteiger partial charge >= 0.3 is 0 Å². The number of carbonyl (C=O) groups is 1. The number of fused-ring (bicyclic) bond motifs is 1. The maximum Gasteiger partial charge on any atom is 0.246 e. The highest BCUT2D eigenvalue weighted by Gasteiger charge is 2.16. The highest BCUT2D eigenvalue weighted by Crippen LogP contribution is 2.32. The van der Waals surface area contributed by atoms with Crippen LogP contribution >= 0.6 is 11.3 Å². The number of morpholine rings is 1. The van der Waals surface area contributed by atoms with Crippen molar-refractivity contribution >= 4 is 28.1 Å². The number of nitrogens with zero attached hydrogens (tertiary/aromatic N) is 3. The van der Waals surface area contributed by atoms with Gasteiger partial charge in [0, 0.05) is 24.0 Å². The van der Waals surface area contributed by atoms with E-state index < -0.39 is 0 Å². The average molecular weight is 388 g/mol. The molecule has 0 atom stereocenters. The Balaban J connectivity index is 1.34. The summed E-state index contributed by atoms with van der Waals surface area (Å²) in [4.78, 5) is 18.9. The molecule has 1 fully saturated rings. The second-order valence-electron chi connectivity index (χ2n) is 6.20. The normalized spacial score (nSPS) is 16.5. The van der Waals surface area contributed by atoms with Gasteiger partial charge in [0.25, 0.3) is 0 Å². The van der Waals surface area contributed by atoms with Crippen LogP contribution in [0.1, 0.15) is 18.2 Å². The fourth-order valence-electron chi connectivity index (χ4n) is 2.81. The van der Waals surface area contributed by atoms with Gasteiger partial charge < -0.3 is 19.1 Å². The second kappa shape index (κ2) is 7.93. The van der Waals surface area contributed by atoms with E-state index in [0.717, 1.165) is 35.2 Å². The van der Waals surface area contributed by atoms with Crippen LogP contribution in [0.4, 0.5) is 5.13 Å². The van der Waals surface area contributed by atoms with E-state index in [4.69, 9.17) is 14.2 Å². The van der Waals surface area contributed by atoms with Crippen LogP contribution in [0, 0.1) is 0 Å². The average Bonchev–Trinajstić information content (AvgIpc) is 3.35. The third kappa shape index (κ3) is 4.20. The fraction of sp³-hybridized carbons (Fsp3) is 0.389. The number of rotatable bonds is 5. The molecule has 142 valence electrons. The van der Waals surface area contributed by atoms with Crippen molar-refractivity contribution < 1.29 is 19.0 Å². The summed E-state index contributed by atoms with van der Waals surface area (Å²) in [6.07, 6.45) is 0.193.